The molecule has 1 nitrogen and oxygen atoms in total. The molecule has 2 aliphatic rings. The lowest BCUT2D eigenvalue weighted by atomic mass is 9.79. The minimum Gasteiger partial charge on any atom is -0.313 e. The van der Waals surface area contributed by atoms with Crippen molar-refractivity contribution in [3.63, 3.8) is 0 Å². The van der Waals surface area contributed by atoms with E-state index in [4.69, 9.17) is 4.74 Å². The first kappa shape index (κ1) is 24.1. The quantitative estimate of drug-likeness (QED) is 0.410. The molecule has 0 aliphatic heterocycles. The smallest absolute Gasteiger partial charge is 0.313 e. The molecule has 2 saturated carbocycles. The maximum atomic E-state index is 14.6. The molecule has 0 atom stereocenters. The summed E-state index contributed by atoms with van der Waals surface area (Å²) in [6.45, 7) is 2.16. The number of halogens is 7. The van der Waals surface area contributed by atoms with Crippen LogP contribution in [0.3, 0.4) is 0 Å². The van der Waals surface area contributed by atoms with Gasteiger partial charge in [-0.05, 0) is 80.1 Å². The van der Waals surface area contributed by atoms with Gasteiger partial charge in [-0.25, -0.2) is 8.78 Å². The van der Waals surface area contributed by atoms with Crippen molar-refractivity contribution in [2.75, 3.05) is 0 Å². The average molecular weight is 452 g/mol. The van der Waals surface area contributed by atoms with Gasteiger partial charge >= 0.3 is 12.3 Å². The second-order valence-corrected chi connectivity index (χ2v) is 8.88. The maximum Gasteiger partial charge on any atom is 0.442 e. The molecule has 0 unspecified atom stereocenters. The van der Waals surface area contributed by atoms with Gasteiger partial charge in [0.25, 0.3) is 0 Å². The van der Waals surface area contributed by atoms with Gasteiger partial charge in [0, 0.05) is 0 Å². The molecule has 0 saturated heterocycles. The third-order valence-electron chi connectivity index (χ3n) is 6.48. The van der Waals surface area contributed by atoms with Gasteiger partial charge in [0.1, 0.15) is 5.82 Å². The van der Waals surface area contributed by atoms with Crippen molar-refractivity contribution >= 4 is 0 Å². The minimum atomic E-state index is -5.04. The van der Waals surface area contributed by atoms with Crippen LogP contribution < -0.4 is 0 Å². The van der Waals surface area contributed by atoms with Crippen LogP contribution in [0.25, 0.3) is 0 Å². The lowest BCUT2D eigenvalue weighted by Gasteiger charge is -2.31. The van der Waals surface area contributed by atoms with Crippen LogP contribution in [0.1, 0.15) is 75.3 Å². The first-order chi connectivity index (χ1) is 14.5. The fourth-order valence-corrected chi connectivity index (χ4v) is 4.56. The number of ether oxygens (including phenoxy) is 1. The summed E-state index contributed by atoms with van der Waals surface area (Å²) in [5, 5.41) is 0. The van der Waals surface area contributed by atoms with E-state index < -0.39 is 41.5 Å². The zero-order valence-electron chi connectivity index (χ0n) is 17.3. The number of rotatable bonds is 5. The van der Waals surface area contributed by atoms with Gasteiger partial charge in [0.05, 0.1) is 11.7 Å². The van der Waals surface area contributed by atoms with Gasteiger partial charge < -0.3 is 4.74 Å². The van der Waals surface area contributed by atoms with Crippen molar-refractivity contribution in [1.29, 1.82) is 0 Å². The van der Waals surface area contributed by atoms with Crippen LogP contribution in [0.2, 0.25) is 0 Å². The number of benzene rings is 1. The Balaban J connectivity index is 1.60. The Kier molecular flexibility index (Phi) is 7.39. The van der Waals surface area contributed by atoms with Crippen LogP contribution in [0, 0.1) is 17.7 Å². The first-order valence-corrected chi connectivity index (χ1v) is 10.8. The second kappa shape index (κ2) is 9.51. The van der Waals surface area contributed by atoms with Crippen LogP contribution in [0.5, 0.6) is 0 Å². The molecule has 8 heteroatoms. The topological polar surface area (TPSA) is 9.23 Å². The van der Waals surface area contributed by atoms with Crippen molar-refractivity contribution < 1.29 is 35.5 Å². The number of hydrogen-bond donors (Lipinski definition) is 0. The van der Waals surface area contributed by atoms with E-state index in [-0.39, 0.29) is 31.6 Å². The highest BCUT2D eigenvalue weighted by atomic mass is 19.4. The molecule has 1 aromatic carbocycles. The zero-order chi connectivity index (χ0) is 22.8. The van der Waals surface area contributed by atoms with Gasteiger partial charge in [-0.15, -0.1) is 0 Å². The molecule has 0 aromatic heterocycles. The Morgan fingerprint density at radius 1 is 0.935 bits per heavy atom. The van der Waals surface area contributed by atoms with Gasteiger partial charge in [-0.3, -0.25) is 0 Å². The zero-order valence-corrected chi connectivity index (χ0v) is 17.3. The molecule has 31 heavy (non-hydrogen) atoms. The van der Waals surface area contributed by atoms with E-state index in [1.54, 1.807) is 0 Å². The van der Waals surface area contributed by atoms with Gasteiger partial charge in [-0.1, -0.05) is 25.8 Å². The SMILES string of the molecule is CC1CCC(c2ccc(C(F)(F)OC3CCC(C=C(F)C(F)(F)F)CC3)c(F)c2)CC1. The van der Waals surface area contributed by atoms with Gasteiger partial charge in [0.2, 0.25) is 0 Å². The average Bonchev–Trinajstić information content (AvgIpc) is 2.69. The standard InChI is InChI=1S/C23H27F7O/c1-14-2-6-16(7-3-14)17-8-11-19(20(24)13-17)23(29,30)31-18-9-4-15(5-10-18)12-21(25)22(26,27)28/h8,11-16,18H,2-7,9-10H2,1H3. The number of alkyl halides is 5. The van der Waals surface area contributed by atoms with Crippen LogP contribution in [0.4, 0.5) is 30.7 Å². The van der Waals surface area contributed by atoms with E-state index in [0.29, 0.717) is 17.6 Å². The van der Waals surface area contributed by atoms with Crippen molar-refractivity contribution in [2.45, 2.75) is 82.6 Å². The summed E-state index contributed by atoms with van der Waals surface area (Å²) >= 11 is 0. The molecule has 0 radical (unpaired) electrons. The highest BCUT2D eigenvalue weighted by Gasteiger charge is 2.40. The molecule has 0 N–H and O–H groups in total. The van der Waals surface area contributed by atoms with E-state index in [2.05, 4.69) is 6.92 Å². The Labute approximate surface area is 177 Å². The Bertz CT molecular complexity index is 771. The van der Waals surface area contributed by atoms with Crippen LogP contribution in [-0.4, -0.2) is 12.3 Å². The molecular formula is C23H27F7O. The summed E-state index contributed by atoms with van der Waals surface area (Å²) in [5.41, 5.74) is -0.131. The fraction of sp³-hybridized carbons (Fsp3) is 0.652. The Morgan fingerprint density at radius 3 is 2.10 bits per heavy atom. The van der Waals surface area contributed by atoms with Crippen molar-refractivity contribution in [3.8, 4) is 0 Å². The molecule has 2 fully saturated rings. The molecule has 2 aliphatic carbocycles. The predicted octanol–water partition coefficient (Wildman–Crippen LogP) is 8.16. The fourth-order valence-electron chi connectivity index (χ4n) is 4.56. The summed E-state index contributed by atoms with van der Waals surface area (Å²) < 4.78 is 98.5. The molecule has 0 bridgehead atoms. The highest BCUT2D eigenvalue weighted by molar-refractivity contribution is 5.29. The lowest BCUT2D eigenvalue weighted by molar-refractivity contribution is -0.279. The Morgan fingerprint density at radius 2 is 1.55 bits per heavy atom. The molecule has 0 spiro atoms. The first-order valence-electron chi connectivity index (χ1n) is 10.8. The molecule has 174 valence electrons. The monoisotopic (exact) mass is 452 g/mol. The summed E-state index contributed by atoms with van der Waals surface area (Å²) in [7, 11) is 0. The summed E-state index contributed by atoms with van der Waals surface area (Å²) in [5.74, 6) is -3.10. The Hall–Kier alpha value is -1.57. The largest absolute Gasteiger partial charge is 0.442 e. The summed E-state index contributed by atoms with van der Waals surface area (Å²) in [6, 6.07) is 3.75. The summed E-state index contributed by atoms with van der Waals surface area (Å²) in [4.78, 5) is 0. The summed E-state index contributed by atoms with van der Waals surface area (Å²) in [6.07, 6.45) is -5.21. The van der Waals surface area contributed by atoms with Crippen LogP contribution >= 0.6 is 0 Å². The van der Waals surface area contributed by atoms with Crippen LogP contribution in [0.15, 0.2) is 30.1 Å². The number of allylic oxidation sites excluding steroid dienone is 2. The third kappa shape index (κ3) is 6.24. The second-order valence-electron chi connectivity index (χ2n) is 8.88. The van der Waals surface area contributed by atoms with E-state index in [9.17, 15) is 30.7 Å². The normalized spacial score (nSPS) is 28.6. The van der Waals surface area contributed by atoms with Crippen molar-refractivity contribution in [3.05, 3.63) is 47.0 Å². The van der Waals surface area contributed by atoms with E-state index in [0.717, 1.165) is 37.8 Å². The predicted molar refractivity (Wildman–Crippen MR) is 103 cm³/mol. The van der Waals surface area contributed by atoms with Crippen molar-refractivity contribution in [2.24, 2.45) is 11.8 Å². The lowest BCUT2D eigenvalue weighted by Crippen LogP contribution is -2.30. The molecule has 3 rings (SSSR count). The number of hydrogen-bond acceptors (Lipinski definition) is 1. The minimum absolute atomic E-state index is 0.0435. The molecule has 0 heterocycles. The molecule has 0 amide bonds. The van der Waals surface area contributed by atoms with Gasteiger partial charge in [0.15, 0.2) is 5.83 Å². The van der Waals surface area contributed by atoms with E-state index in [1.807, 2.05) is 0 Å². The van der Waals surface area contributed by atoms with E-state index in [1.165, 1.54) is 6.07 Å². The molecular weight excluding hydrogens is 425 g/mol. The van der Waals surface area contributed by atoms with E-state index >= 15 is 0 Å². The molecule has 1 aromatic rings. The highest BCUT2D eigenvalue weighted by Crippen LogP contribution is 2.40. The maximum absolute atomic E-state index is 14.6. The van der Waals surface area contributed by atoms with Gasteiger partial charge in [-0.2, -0.15) is 22.0 Å². The third-order valence-corrected chi connectivity index (χ3v) is 6.48. The van der Waals surface area contributed by atoms with Crippen molar-refractivity contribution in [1.82, 2.24) is 0 Å². The van der Waals surface area contributed by atoms with Crippen LogP contribution in [-0.2, 0) is 10.8 Å².